The number of carbonyl (C=O) groups excluding carboxylic acids is 1. The lowest BCUT2D eigenvalue weighted by molar-refractivity contribution is 0.0658. The quantitative estimate of drug-likeness (QED) is 0.888. The van der Waals surface area contributed by atoms with Crippen molar-refractivity contribution < 1.29 is 9.21 Å². The maximum Gasteiger partial charge on any atom is 0.289 e. The van der Waals surface area contributed by atoms with Gasteiger partial charge in [0.05, 0.1) is 0 Å². The molecule has 4 heteroatoms. The molecule has 1 N–H and O–H groups in total. The molecule has 19 heavy (non-hydrogen) atoms. The van der Waals surface area contributed by atoms with Crippen molar-refractivity contribution in [3.05, 3.63) is 23.2 Å². The molecular formula is C15H24N2O2. The molecule has 0 aromatic carbocycles. The van der Waals surface area contributed by atoms with Crippen molar-refractivity contribution in [1.82, 2.24) is 10.2 Å². The molecule has 0 saturated carbocycles. The van der Waals surface area contributed by atoms with Gasteiger partial charge in [0.25, 0.3) is 5.91 Å². The van der Waals surface area contributed by atoms with E-state index in [-0.39, 0.29) is 5.91 Å². The lowest BCUT2D eigenvalue weighted by atomic mass is 10.2. The summed E-state index contributed by atoms with van der Waals surface area (Å²) >= 11 is 0. The van der Waals surface area contributed by atoms with Crippen LogP contribution < -0.4 is 5.32 Å². The van der Waals surface area contributed by atoms with Crippen LogP contribution in [-0.2, 0) is 6.42 Å². The fraction of sp³-hybridized carbons (Fsp3) is 0.667. The van der Waals surface area contributed by atoms with Gasteiger partial charge in [0.15, 0.2) is 5.76 Å². The fourth-order valence-electron chi connectivity index (χ4n) is 2.71. The minimum Gasteiger partial charge on any atom is -0.456 e. The molecule has 1 aliphatic heterocycles. The standard InChI is InChI=1S/C15H24N2O2/c1-4-8-17(12-6-7-16-10-12)15(18)14-9-11(3)13(5-2)19-14/h9,12,16H,4-8,10H2,1-3H3. The molecule has 106 valence electrons. The third-order valence-corrected chi connectivity index (χ3v) is 3.75. The van der Waals surface area contributed by atoms with E-state index < -0.39 is 0 Å². The Labute approximate surface area is 115 Å². The lowest BCUT2D eigenvalue weighted by Gasteiger charge is -2.27. The van der Waals surface area contributed by atoms with Gasteiger partial charge in [0.2, 0.25) is 0 Å². The summed E-state index contributed by atoms with van der Waals surface area (Å²) in [5, 5.41) is 3.32. The average molecular weight is 264 g/mol. The zero-order valence-corrected chi connectivity index (χ0v) is 12.2. The molecule has 1 aromatic rings. The van der Waals surface area contributed by atoms with Crippen molar-refractivity contribution in [3.8, 4) is 0 Å². The molecule has 0 spiro atoms. The second-order valence-corrected chi connectivity index (χ2v) is 5.22. The molecule has 1 saturated heterocycles. The zero-order valence-electron chi connectivity index (χ0n) is 12.2. The third-order valence-electron chi connectivity index (χ3n) is 3.75. The zero-order chi connectivity index (χ0) is 13.8. The summed E-state index contributed by atoms with van der Waals surface area (Å²) in [6.45, 7) is 8.84. The summed E-state index contributed by atoms with van der Waals surface area (Å²) in [6, 6.07) is 2.19. The highest BCUT2D eigenvalue weighted by Gasteiger charge is 2.28. The minimum atomic E-state index is 0.0401. The number of rotatable bonds is 5. The van der Waals surface area contributed by atoms with E-state index in [4.69, 9.17) is 4.42 Å². The number of nitrogens with zero attached hydrogens (tertiary/aromatic N) is 1. The SMILES string of the molecule is CCCN(C(=O)c1cc(C)c(CC)o1)C1CCNC1. The van der Waals surface area contributed by atoms with E-state index in [1.165, 1.54) is 0 Å². The normalized spacial score (nSPS) is 18.8. The number of aryl methyl sites for hydroxylation is 2. The van der Waals surface area contributed by atoms with Crippen LogP contribution in [0.5, 0.6) is 0 Å². The minimum absolute atomic E-state index is 0.0401. The molecule has 1 atom stereocenters. The fourth-order valence-corrected chi connectivity index (χ4v) is 2.71. The number of carbonyl (C=O) groups is 1. The Kier molecular flexibility index (Phi) is 4.64. The van der Waals surface area contributed by atoms with Crippen LogP contribution in [0.3, 0.4) is 0 Å². The Balaban J connectivity index is 2.17. The van der Waals surface area contributed by atoms with Gasteiger partial charge in [-0.1, -0.05) is 13.8 Å². The molecule has 0 bridgehead atoms. The average Bonchev–Trinajstić information content (AvgIpc) is 3.04. The van der Waals surface area contributed by atoms with Crippen molar-refractivity contribution in [2.75, 3.05) is 19.6 Å². The molecule has 2 rings (SSSR count). The summed E-state index contributed by atoms with van der Waals surface area (Å²) in [5.41, 5.74) is 1.08. The molecule has 1 aromatic heterocycles. The van der Waals surface area contributed by atoms with Crippen LogP contribution in [0.15, 0.2) is 10.5 Å². The first-order valence-electron chi connectivity index (χ1n) is 7.28. The van der Waals surface area contributed by atoms with Gasteiger partial charge >= 0.3 is 0 Å². The molecule has 1 aliphatic rings. The predicted molar refractivity (Wildman–Crippen MR) is 75.4 cm³/mol. The van der Waals surface area contributed by atoms with E-state index in [1.807, 2.05) is 24.8 Å². The van der Waals surface area contributed by atoms with Gasteiger partial charge in [0, 0.05) is 25.6 Å². The predicted octanol–water partition coefficient (Wildman–Crippen LogP) is 2.36. The van der Waals surface area contributed by atoms with Gasteiger partial charge in [-0.15, -0.1) is 0 Å². The van der Waals surface area contributed by atoms with Crippen molar-refractivity contribution in [3.63, 3.8) is 0 Å². The Hall–Kier alpha value is -1.29. The Morgan fingerprint density at radius 1 is 1.53 bits per heavy atom. The van der Waals surface area contributed by atoms with Crippen LogP contribution in [0.25, 0.3) is 0 Å². The maximum absolute atomic E-state index is 12.6. The van der Waals surface area contributed by atoms with E-state index in [2.05, 4.69) is 12.2 Å². The topological polar surface area (TPSA) is 45.5 Å². The molecule has 2 heterocycles. The van der Waals surface area contributed by atoms with E-state index in [9.17, 15) is 4.79 Å². The molecule has 1 amide bonds. The van der Waals surface area contributed by atoms with Crippen LogP contribution in [0.4, 0.5) is 0 Å². The third kappa shape index (κ3) is 3.00. The molecule has 4 nitrogen and oxygen atoms in total. The van der Waals surface area contributed by atoms with E-state index >= 15 is 0 Å². The Morgan fingerprint density at radius 2 is 2.32 bits per heavy atom. The van der Waals surface area contributed by atoms with Crippen molar-refractivity contribution in [2.24, 2.45) is 0 Å². The second-order valence-electron chi connectivity index (χ2n) is 5.22. The summed E-state index contributed by atoms with van der Waals surface area (Å²) < 4.78 is 5.70. The number of amides is 1. The summed E-state index contributed by atoms with van der Waals surface area (Å²) in [7, 11) is 0. The van der Waals surface area contributed by atoms with E-state index in [0.29, 0.717) is 11.8 Å². The summed E-state index contributed by atoms with van der Waals surface area (Å²) in [5.74, 6) is 1.46. The van der Waals surface area contributed by atoms with Crippen molar-refractivity contribution >= 4 is 5.91 Å². The highest BCUT2D eigenvalue weighted by Crippen LogP contribution is 2.19. The first kappa shape index (κ1) is 14.1. The first-order chi connectivity index (χ1) is 9.17. The number of hydrogen-bond donors (Lipinski definition) is 1. The lowest BCUT2D eigenvalue weighted by Crippen LogP contribution is -2.41. The van der Waals surface area contributed by atoms with Gasteiger partial charge in [-0.2, -0.15) is 0 Å². The largest absolute Gasteiger partial charge is 0.456 e. The van der Waals surface area contributed by atoms with Crippen molar-refractivity contribution in [1.29, 1.82) is 0 Å². The van der Waals surface area contributed by atoms with Crippen molar-refractivity contribution in [2.45, 2.75) is 46.1 Å². The molecular weight excluding hydrogens is 240 g/mol. The van der Waals surface area contributed by atoms with Crippen LogP contribution in [-0.4, -0.2) is 36.5 Å². The van der Waals surface area contributed by atoms with Gasteiger partial charge in [0.1, 0.15) is 5.76 Å². The summed E-state index contributed by atoms with van der Waals surface area (Å²) in [4.78, 5) is 14.6. The van der Waals surface area contributed by atoms with Gasteiger partial charge in [-0.3, -0.25) is 4.79 Å². The molecule has 1 fully saturated rings. The van der Waals surface area contributed by atoms with Crippen LogP contribution in [0, 0.1) is 6.92 Å². The van der Waals surface area contributed by atoms with Crippen LogP contribution >= 0.6 is 0 Å². The highest BCUT2D eigenvalue weighted by atomic mass is 16.4. The Morgan fingerprint density at radius 3 is 2.84 bits per heavy atom. The van der Waals surface area contributed by atoms with Gasteiger partial charge in [-0.25, -0.2) is 0 Å². The van der Waals surface area contributed by atoms with E-state index in [0.717, 1.165) is 50.2 Å². The molecule has 1 unspecified atom stereocenters. The van der Waals surface area contributed by atoms with Gasteiger partial charge < -0.3 is 14.6 Å². The van der Waals surface area contributed by atoms with Crippen LogP contribution in [0.2, 0.25) is 0 Å². The smallest absolute Gasteiger partial charge is 0.289 e. The second kappa shape index (κ2) is 6.24. The maximum atomic E-state index is 12.6. The van der Waals surface area contributed by atoms with Crippen LogP contribution in [0.1, 0.15) is 48.6 Å². The molecule has 0 aliphatic carbocycles. The summed E-state index contributed by atoms with van der Waals surface area (Å²) in [6.07, 6.45) is 2.84. The number of hydrogen-bond acceptors (Lipinski definition) is 3. The first-order valence-corrected chi connectivity index (χ1v) is 7.28. The number of nitrogens with one attached hydrogen (secondary N) is 1. The Bertz CT molecular complexity index is 433. The monoisotopic (exact) mass is 264 g/mol. The molecule has 0 radical (unpaired) electrons. The van der Waals surface area contributed by atoms with Gasteiger partial charge in [-0.05, 0) is 37.9 Å². The van der Waals surface area contributed by atoms with E-state index in [1.54, 1.807) is 0 Å². The highest BCUT2D eigenvalue weighted by molar-refractivity contribution is 5.92. The number of furan rings is 1.